The van der Waals surface area contributed by atoms with E-state index in [1.165, 1.54) is 6.92 Å². The fraction of sp³-hybridized carbons (Fsp3) is 0.870. The lowest BCUT2D eigenvalue weighted by molar-refractivity contribution is -0.335. The van der Waals surface area contributed by atoms with Crippen molar-refractivity contribution >= 4 is 5.97 Å². The summed E-state index contributed by atoms with van der Waals surface area (Å²) in [5.41, 5.74) is -5.29. The summed E-state index contributed by atoms with van der Waals surface area (Å²) in [5, 5.41) is 58.3. The molecule has 16 heteroatoms. The van der Waals surface area contributed by atoms with Crippen LogP contribution in [0.15, 0.2) is 18.3 Å². The van der Waals surface area contributed by atoms with E-state index in [0.717, 1.165) is 6.42 Å². The summed E-state index contributed by atoms with van der Waals surface area (Å²) in [7, 11) is 3.41. The maximum absolute atomic E-state index is 14.5. The largest absolute Gasteiger partial charge is 0.482 e. The first kappa shape index (κ1) is 52.6. The molecule has 0 radical (unpaired) electrons. The van der Waals surface area contributed by atoms with Crippen LogP contribution in [0.5, 0.6) is 5.75 Å². The highest BCUT2D eigenvalue weighted by Gasteiger charge is 2.58. The fourth-order valence-corrected chi connectivity index (χ4v) is 9.87. The first-order valence-corrected chi connectivity index (χ1v) is 22.9. The SMILES string of the molecule is CCCNC[C@]1(O)[C@H](C)O[C@@H](O[C@H]2[C@H](C)[C@@H](O[C@@H]3O[C@H](C)C[C@H](NC)[C@H]3Oc3cccnc3C)[C@](C)(O)C[C@@H](C)CN[C@H](C)[C@@H](O)[C@](C)(O)[C@@H](CC)OC(=O)[C@@H]2C)C[C@@]1(C)OC. The molecule has 0 spiro atoms. The molecule has 358 valence electrons. The molecule has 3 aliphatic rings. The number of aliphatic hydroxyl groups is 4. The fourth-order valence-electron chi connectivity index (χ4n) is 9.87. The topological polar surface area (TPSA) is 212 Å². The standard InChI is InChI=1S/C46H82N4O12/c1-15-19-48-25-46(55)32(9)58-36(23-44(46,11)56-14)61-37-28(5)40(62-42-38(33(47-13)21-27(4)57-42)59-34-18-17-20-49-30(34)7)43(10,53)22-26(3)24-50-31(8)39(51)45(12,54)35(16-2)60-41(52)29(37)6/h17-18,20,26-29,31-33,35-40,42,47-48,50-51,53-55H,15-16,19,21-25H2,1-14H3/t26-,27-,28+,29-,31-,32+,33+,35-,36+,37+,38-,39-,40-,42+,43-,44-,45-,46+/m1/s1. The van der Waals surface area contributed by atoms with Crippen molar-refractivity contribution in [1.82, 2.24) is 20.9 Å². The van der Waals surface area contributed by atoms with Crippen LogP contribution >= 0.6 is 0 Å². The number of cyclic esters (lactones) is 1. The average molecular weight is 883 g/mol. The highest BCUT2D eigenvalue weighted by atomic mass is 16.7. The number of carbonyl (C=O) groups is 1. The Labute approximate surface area is 370 Å². The van der Waals surface area contributed by atoms with Gasteiger partial charge in [-0.05, 0) is 119 Å². The van der Waals surface area contributed by atoms with Gasteiger partial charge in [-0.15, -0.1) is 0 Å². The summed E-state index contributed by atoms with van der Waals surface area (Å²) >= 11 is 0. The van der Waals surface area contributed by atoms with E-state index in [2.05, 4.69) is 20.9 Å². The molecule has 0 unspecified atom stereocenters. The average Bonchev–Trinajstić information content (AvgIpc) is 3.22. The summed E-state index contributed by atoms with van der Waals surface area (Å²) in [4.78, 5) is 19.0. The van der Waals surface area contributed by atoms with Gasteiger partial charge in [0.2, 0.25) is 0 Å². The Morgan fingerprint density at radius 2 is 1.69 bits per heavy atom. The zero-order valence-corrected chi connectivity index (χ0v) is 40.0. The van der Waals surface area contributed by atoms with E-state index in [9.17, 15) is 25.2 Å². The zero-order chi connectivity index (χ0) is 46.4. The van der Waals surface area contributed by atoms with Gasteiger partial charge in [0.25, 0.3) is 0 Å². The Morgan fingerprint density at radius 3 is 2.31 bits per heavy atom. The highest BCUT2D eigenvalue weighted by molar-refractivity contribution is 5.73. The van der Waals surface area contributed by atoms with Gasteiger partial charge >= 0.3 is 5.97 Å². The molecule has 0 aliphatic carbocycles. The molecule has 4 heterocycles. The van der Waals surface area contributed by atoms with Gasteiger partial charge in [0.1, 0.15) is 34.8 Å². The minimum atomic E-state index is -1.82. The number of likely N-dealkylation sites (N-methyl/N-ethyl adjacent to an activating group) is 1. The number of aromatic nitrogens is 1. The van der Waals surface area contributed by atoms with E-state index in [-0.39, 0.29) is 43.9 Å². The third-order valence-corrected chi connectivity index (χ3v) is 13.9. The van der Waals surface area contributed by atoms with Crippen LogP contribution in [0, 0.1) is 24.7 Å². The van der Waals surface area contributed by atoms with E-state index < -0.39 is 95.5 Å². The van der Waals surface area contributed by atoms with Crippen molar-refractivity contribution in [2.24, 2.45) is 17.8 Å². The maximum Gasteiger partial charge on any atom is 0.311 e. The second kappa shape index (κ2) is 22.0. The number of hydrogen-bond acceptors (Lipinski definition) is 16. The van der Waals surface area contributed by atoms with Crippen molar-refractivity contribution in [3.05, 3.63) is 24.0 Å². The minimum absolute atomic E-state index is 0.0948. The molecule has 0 bridgehead atoms. The highest BCUT2D eigenvalue weighted by Crippen LogP contribution is 2.43. The lowest BCUT2D eigenvalue weighted by Gasteiger charge is -2.53. The molecule has 1 aromatic rings. The van der Waals surface area contributed by atoms with E-state index in [1.54, 1.807) is 54.0 Å². The Morgan fingerprint density at radius 1 is 1.00 bits per heavy atom. The number of nitrogens with one attached hydrogen (secondary N) is 3. The lowest BCUT2D eigenvalue weighted by atomic mass is 9.75. The van der Waals surface area contributed by atoms with Gasteiger partial charge in [0.05, 0.1) is 47.7 Å². The quantitative estimate of drug-likeness (QED) is 0.112. The number of carbonyl (C=O) groups excluding carboxylic acids is 1. The predicted octanol–water partition coefficient (Wildman–Crippen LogP) is 3.38. The summed E-state index contributed by atoms with van der Waals surface area (Å²) in [6.07, 6.45) is -4.46. The van der Waals surface area contributed by atoms with Gasteiger partial charge in [-0.1, -0.05) is 27.7 Å². The number of nitrogens with zero attached hydrogens (tertiary/aromatic N) is 1. The number of hydrogen-bond donors (Lipinski definition) is 7. The molecular formula is C46H82N4O12. The van der Waals surface area contributed by atoms with Crippen molar-refractivity contribution in [3.8, 4) is 5.75 Å². The van der Waals surface area contributed by atoms with Gasteiger partial charge in [0, 0.05) is 38.2 Å². The van der Waals surface area contributed by atoms with Crippen molar-refractivity contribution in [2.75, 3.05) is 33.8 Å². The molecule has 16 nitrogen and oxygen atoms in total. The third kappa shape index (κ3) is 11.8. The first-order valence-electron chi connectivity index (χ1n) is 22.9. The summed E-state index contributed by atoms with van der Waals surface area (Å²) in [5.74, 6) is -2.09. The number of methoxy groups -OCH3 is 1. The molecular weight excluding hydrogens is 801 g/mol. The Hall–Kier alpha value is -2.06. The van der Waals surface area contributed by atoms with Crippen LogP contribution in [0.3, 0.4) is 0 Å². The number of rotatable bonds is 13. The molecule has 18 atom stereocenters. The maximum atomic E-state index is 14.5. The van der Waals surface area contributed by atoms with Gasteiger partial charge < -0.3 is 69.5 Å². The van der Waals surface area contributed by atoms with Crippen LogP contribution in [-0.2, 0) is 33.2 Å². The summed E-state index contributed by atoms with van der Waals surface area (Å²) < 4.78 is 46.0. The minimum Gasteiger partial charge on any atom is -0.482 e. The molecule has 3 saturated heterocycles. The van der Waals surface area contributed by atoms with Crippen LogP contribution in [0.4, 0.5) is 0 Å². The van der Waals surface area contributed by atoms with Crippen molar-refractivity contribution in [1.29, 1.82) is 0 Å². The summed E-state index contributed by atoms with van der Waals surface area (Å²) in [6.45, 7) is 23.0. The molecule has 3 aliphatic heterocycles. The number of aliphatic hydroxyl groups excluding tert-OH is 1. The zero-order valence-electron chi connectivity index (χ0n) is 40.0. The second-order valence-electron chi connectivity index (χ2n) is 19.2. The van der Waals surface area contributed by atoms with Crippen molar-refractivity contribution < 1.29 is 58.4 Å². The monoisotopic (exact) mass is 883 g/mol. The van der Waals surface area contributed by atoms with Gasteiger partial charge in [-0.25, -0.2) is 0 Å². The molecule has 7 N–H and O–H groups in total. The smallest absolute Gasteiger partial charge is 0.311 e. The van der Waals surface area contributed by atoms with Crippen LogP contribution in [0.2, 0.25) is 0 Å². The predicted molar refractivity (Wildman–Crippen MR) is 234 cm³/mol. The molecule has 0 aromatic carbocycles. The first-order chi connectivity index (χ1) is 29.0. The van der Waals surface area contributed by atoms with Crippen LogP contribution in [-0.4, -0.2) is 155 Å². The Balaban J connectivity index is 1.85. The van der Waals surface area contributed by atoms with Crippen LogP contribution < -0.4 is 20.7 Å². The summed E-state index contributed by atoms with van der Waals surface area (Å²) in [6, 6.07) is 2.83. The number of aryl methyl sites for hydroxylation is 1. The Kier molecular flexibility index (Phi) is 18.6. The van der Waals surface area contributed by atoms with Crippen molar-refractivity contribution in [2.45, 2.75) is 205 Å². The molecule has 62 heavy (non-hydrogen) atoms. The van der Waals surface area contributed by atoms with E-state index >= 15 is 0 Å². The number of esters is 1. The number of pyridine rings is 1. The molecule has 0 amide bonds. The van der Waals surface area contributed by atoms with Crippen LogP contribution in [0.1, 0.15) is 114 Å². The van der Waals surface area contributed by atoms with E-state index in [1.807, 2.05) is 54.7 Å². The van der Waals surface area contributed by atoms with Crippen LogP contribution in [0.25, 0.3) is 0 Å². The lowest BCUT2D eigenvalue weighted by Crippen LogP contribution is -2.70. The van der Waals surface area contributed by atoms with Gasteiger partial charge in [-0.2, -0.15) is 0 Å². The molecule has 1 aromatic heterocycles. The van der Waals surface area contributed by atoms with Crippen molar-refractivity contribution in [3.63, 3.8) is 0 Å². The molecule has 0 saturated carbocycles. The van der Waals surface area contributed by atoms with Gasteiger partial charge in [-0.3, -0.25) is 9.78 Å². The molecule has 4 rings (SSSR count). The second-order valence-corrected chi connectivity index (χ2v) is 19.2. The van der Waals surface area contributed by atoms with E-state index in [4.69, 9.17) is 33.2 Å². The third-order valence-electron chi connectivity index (χ3n) is 13.9. The Bertz CT molecular complexity index is 1560. The van der Waals surface area contributed by atoms with E-state index in [0.29, 0.717) is 31.0 Å². The molecule has 3 fully saturated rings. The van der Waals surface area contributed by atoms with Gasteiger partial charge in [0.15, 0.2) is 18.7 Å². The normalized spacial score (nSPS) is 44.2. The number of ether oxygens (including phenoxy) is 7.